The SMILES string of the molecule is Cc1nc(CN2CCCC(NCCCc3ccccc3)C2)no1. The second-order valence-corrected chi connectivity index (χ2v) is 6.35. The first-order valence-electron chi connectivity index (χ1n) is 8.58. The van der Waals surface area contributed by atoms with Crippen molar-refractivity contribution in [2.24, 2.45) is 0 Å². The number of hydrogen-bond donors (Lipinski definition) is 1. The monoisotopic (exact) mass is 314 g/mol. The molecule has 0 amide bonds. The minimum atomic E-state index is 0.576. The summed E-state index contributed by atoms with van der Waals surface area (Å²) in [6, 6.07) is 11.3. The molecule has 1 unspecified atom stereocenters. The third kappa shape index (κ3) is 5.15. The summed E-state index contributed by atoms with van der Waals surface area (Å²) in [4.78, 5) is 6.72. The van der Waals surface area contributed by atoms with Crippen molar-refractivity contribution >= 4 is 0 Å². The second kappa shape index (κ2) is 8.22. The molecule has 2 aromatic rings. The molecule has 1 atom stereocenters. The highest BCUT2D eigenvalue weighted by Gasteiger charge is 2.20. The molecule has 1 aromatic carbocycles. The van der Waals surface area contributed by atoms with Gasteiger partial charge in [-0.3, -0.25) is 4.90 Å². The van der Waals surface area contributed by atoms with E-state index in [-0.39, 0.29) is 0 Å². The first kappa shape index (κ1) is 16.1. The molecule has 1 saturated heterocycles. The van der Waals surface area contributed by atoms with Crippen molar-refractivity contribution in [1.29, 1.82) is 0 Å². The molecular formula is C18H26N4O. The molecule has 0 aliphatic carbocycles. The number of likely N-dealkylation sites (tertiary alicyclic amines) is 1. The zero-order valence-electron chi connectivity index (χ0n) is 13.9. The molecule has 3 rings (SSSR count). The molecule has 0 radical (unpaired) electrons. The molecular weight excluding hydrogens is 288 g/mol. The molecule has 2 heterocycles. The van der Waals surface area contributed by atoms with Crippen LogP contribution in [-0.4, -0.2) is 40.7 Å². The van der Waals surface area contributed by atoms with E-state index in [1.165, 1.54) is 24.8 Å². The maximum Gasteiger partial charge on any atom is 0.223 e. The first-order valence-corrected chi connectivity index (χ1v) is 8.58. The molecule has 0 saturated carbocycles. The Bertz CT molecular complexity index is 584. The predicted molar refractivity (Wildman–Crippen MR) is 90.1 cm³/mol. The van der Waals surface area contributed by atoms with Gasteiger partial charge in [-0.15, -0.1) is 0 Å². The summed E-state index contributed by atoms with van der Waals surface area (Å²) in [5, 5.41) is 7.70. The van der Waals surface area contributed by atoms with Gasteiger partial charge >= 0.3 is 0 Å². The maximum atomic E-state index is 5.05. The van der Waals surface area contributed by atoms with Crippen LogP contribution in [0.5, 0.6) is 0 Å². The summed E-state index contributed by atoms with van der Waals surface area (Å²) in [5.74, 6) is 1.44. The standard InChI is InChI=1S/C18H26N4O/c1-15-20-18(21-23-15)14-22-12-6-10-17(13-22)19-11-5-9-16-7-3-2-4-8-16/h2-4,7-8,17,19H,5-6,9-14H2,1H3. The number of rotatable bonds is 7. The maximum absolute atomic E-state index is 5.05. The van der Waals surface area contributed by atoms with Crippen LogP contribution in [0.3, 0.4) is 0 Å². The van der Waals surface area contributed by atoms with E-state index in [0.29, 0.717) is 11.9 Å². The third-order valence-electron chi connectivity index (χ3n) is 4.36. The van der Waals surface area contributed by atoms with Gasteiger partial charge in [0.1, 0.15) is 0 Å². The average molecular weight is 314 g/mol. The summed E-state index contributed by atoms with van der Waals surface area (Å²) in [6.07, 6.45) is 4.82. The molecule has 124 valence electrons. The summed E-state index contributed by atoms with van der Waals surface area (Å²) < 4.78 is 5.05. The lowest BCUT2D eigenvalue weighted by molar-refractivity contribution is 0.178. The molecule has 0 bridgehead atoms. The summed E-state index contributed by atoms with van der Waals surface area (Å²) in [7, 11) is 0. The molecule has 5 nitrogen and oxygen atoms in total. The Morgan fingerprint density at radius 2 is 2.17 bits per heavy atom. The van der Waals surface area contributed by atoms with Crippen LogP contribution < -0.4 is 5.32 Å². The van der Waals surface area contributed by atoms with E-state index in [9.17, 15) is 0 Å². The van der Waals surface area contributed by atoms with Crippen molar-refractivity contribution < 1.29 is 4.52 Å². The highest BCUT2D eigenvalue weighted by atomic mass is 16.5. The van der Waals surface area contributed by atoms with Gasteiger partial charge in [0.15, 0.2) is 5.82 Å². The van der Waals surface area contributed by atoms with E-state index in [0.717, 1.165) is 38.4 Å². The average Bonchev–Trinajstić information content (AvgIpc) is 2.98. The van der Waals surface area contributed by atoms with Crippen LogP contribution in [0, 0.1) is 6.92 Å². The van der Waals surface area contributed by atoms with Gasteiger partial charge in [-0.2, -0.15) is 4.98 Å². The number of nitrogens with zero attached hydrogens (tertiary/aromatic N) is 3. The minimum Gasteiger partial charge on any atom is -0.340 e. The normalized spacial score (nSPS) is 19.1. The Balaban J connectivity index is 1.37. The number of benzene rings is 1. The zero-order chi connectivity index (χ0) is 15.9. The van der Waals surface area contributed by atoms with Crippen molar-refractivity contribution in [3.63, 3.8) is 0 Å². The molecule has 0 spiro atoms. The Morgan fingerprint density at radius 1 is 1.30 bits per heavy atom. The van der Waals surface area contributed by atoms with Gasteiger partial charge in [-0.1, -0.05) is 35.5 Å². The molecule has 1 aromatic heterocycles. The van der Waals surface area contributed by atoms with Crippen molar-refractivity contribution in [2.45, 2.75) is 45.2 Å². The van der Waals surface area contributed by atoms with E-state index in [4.69, 9.17) is 4.52 Å². The van der Waals surface area contributed by atoms with Crippen LogP contribution >= 0.6 is 0 Å². The highest BCUT2D eigenvalue weighted by Crippen LogP contribution is 2.13. The fourth-order valence-corrected chi connectivity index (χ4v) is 3.21. The van der Waals surface area contributed by atoms with E-state index in [1.807, 2.05) is 6.92 Å². The molecule has 1 aliphatic heterocycles. The number of hydrogen-bond acceptors (Lipinski definition) is 5. The lowest BCUT2D eigenvalue weighted by Crippen LogP contribution is -2.45. The van der Waals surface area contributed by atoms with Crippen molar-refractivity contribution in [1.82, 2.24) is 20.4 Å². The van der Waals surface area contributed by atoms with E-state index in [2.05, 4.69) is 50.7 Å². The van der Waals surface area contributed by atoms with Crippen molar-refractivity contribution in [3.8, 4) is 0 Å². The van der Waals surface area contributed by atoms with Gasteiger partial charge in [0.05, 0.1) is 6.54 Å². The first-order chi connectivity index (χ1) is 11.3. The van der Waals surface area contributed by atoms with Crippen LogP contribution in [0.15, 0.2) is 34.9 Å². The molecule has 23 heavy (non-hydrogen) atoms. The lowest BCUT2D eigenvalue weighted by atomic mass is 10.0. The van der Waals surface area contributed by atoms with Crippen molar-refractivity contribution in [3.05, 3.63) is 47.6 Å². The van der Waals surface area contributed by atoms with E-state index < -0.39 is 0 Å². The molecule has 1 fully saturated rings. The Labute approximate surface area is 138 Å². The van der Waals surface area contributed by atoms with Gasteiger partial charge in [-0.25, -0.2) is 0 Å². The fourth-order valence-electron chi connectivity index (χ4n) is 3.21. The predicted octanol–water partition coefficient (Wildman–Crippen LogP) is 2.56. The van der Waals surface area contributed by atoms with Gasteiger partial charge < -0.3 is 9.84 Å². The van der Waals surface area contributed by atoms with Crippen LogP contribution in [0.25, 0.3) is 0 Å². The summed E-state index contributed by atoms with van der Waals surface area (Å²) >= 11 is 0. The number of aromatic nitrogens is 2. The highest BCUT2D eigenvalue weighted by molar-refractivity contribution is 5.14. The van der Waals surface area contributed by atoms with Gasteiger partial charge in [-0.05, 0) is 44.3 Å². The Hall–Kier alpha value is -1.72. The van der Waals surface area contributed by atoms with Gasteiger partial charge in [0, 0.05) is 19.5 Å². The quantitative estimate of drug-likeness (QED) is 0.796. The number of nitrogens with one attached hydrogen (secondary N) is 1. The van der Waals surface area contributed by atoms with E-state index in [1.54, 1.807) is 0 Å². The van der Waals surface area contributed by atoms with Gasteiger partial charge in [0.2, 0.25) is 5.89 Å². The zero-order valence-corrected chi connectivity index (χ0v) is 13.9. The third-order valence-corrected chi connectivity index (χ3v) is 4.36. The minimum absolute atomic E-state index is 0.576. The van der Waals surface area contributed by atoms with Crippen molar-refractivity contribution in [2.75, 3.05) is 19.6 Å². The lowest BCUT2D eigenvalue weighted by Gasteiger charge is -2.32. The largest absolute Gasteiger partial charge is 0.340 e. The summed E-state index contributed by atoms with van der Waals surface area (Å²) in [5.41, 5.74) is 1.42. The van der Waals surface area contributed by atoms with Crippen LogP contribution in [0.2, 0.25) is 0 Å². The smallest absolute Gasteiger partial charge is 0.223 e. The van der Waals surface area contributed by atoms with Crippen LogP contribution in [-0.2, 0) is 13.0 Å². The van der Waals surface area contributed by atoms with E-state index >= 15 is 0 Å². The topological polar surface area (TPSA) is 54.2 Å². The summed E-state index contributed by atoms with van der Waals surface area (Å²) in [6.45, 7) is 5.90. The Morgan fingerprint density at radius 3 is 2.96 bits per heavy atom. The molecule has 1 N–H and O–H groups in total. The second-order valence-electron chi connectivity index (χ2n) is 6.35. The number of piperidine rings is 1. The van der Waals surface area contributed by atoms with Crippen LogP contribution in [0.4, 0.5) is 0 Å². The molecule has 1 aliphatic rings. The van der Waals surface area contributed by atoms with Gasteiger partial charge in [0.25, 0.3) is 0 Å². The number of aryl methyl sites for hydroxylation is 2. The molecule has 5 heteroatoms. The van der Waals surface area contributed by atoms with Crippen LogP contribution in [0.1, 0.15) is 36.5 Å². The Kier molecular flexibility index (Phi) is 5.77. The fraction of sp³-hybridized carbons (Fsp3) is 0.556.